The van der Waals surface area contributed by atoms with Crippen molar-refractivity contribution in [2.75, 3.05) is 13.7 Å². The highest BCUT2D eigenvalue weighted by atomic mass is 32.1. The van der Waals surface area contributed by atoms with Crippen molar-refractivity contribution in [2.24, 2.45) is 0 Å². The fourth-order valence-electron chi connectivity index (χ4n) is 2.21. The molecule has 0 spiro atoms. The molecule has 0 bridgehead atoms. The van der Waals surface area contributed by atoms with Gasteiger partial charge in [0.2, 0.25) is 0 Å². The Balaban J connectivity index is 2.20. The van der Waals surface area contributed by atoms with Crippen LogP contribution in [0.1, 0.15) is 34.6 Å². The quantitative estimate of drug-likeness (QED) is 0.765. The Morgan fingerprint density at radius 1 is 1.29 bits per heavy atom. The second-order valence-corrected chi connectivity index (χ2v) is 5.92. The van der Waals surface area contributed by atoms with E-state index in [1.54, 1.807) is 24.3 Å². The highest BCUT2D eigenvalue weighted by Gasteiger charge is 2.20. The maximum absolute atomic E-state index is 12.5. The van der Waals surface area contributed by atoms with E-state index >= 15 is 0 Å². The molecule has 6 nitrogen and oxygen atoms in total. The van der Waals surface area contributed by atoms with Crippen LogP contribution in [-0.4, -0.2) is 30.7 Å². The predicted molar refractivity (Wildman–Crippen MR) is 90.9 cm³/mol. The third-order valence-electron chi connectivity index (χ3n) is 3.30. The average molecular weight is 349 g/mol. The van der Waals surface area contributed by atoms with Crippen LogP contribution in [0.4, 0.5) is 0 Å². The molecule has 1 aromatic carbocycles. The fraction of sp³-hybridized carbons (Fsp3) is 0.294. The molecule has 7 heteroatoms. The first-order valence-corrected chi connectivity index (χ1v) is 8.30. The second-order valence-electron chi connectivity index (χ2n) is 4.94. The summed E-state index contributed by atoms with van der Waals surface area (Å²) < 4.78 is 10.7. The zero-order valence-electron chi connectivity index (χ0n) is 13.4. The van der Waals surface area contributed by atoms with Crippen molar-refractivity contribution in [1.82, 2.24) is 5.32 Å². The molecule has 0 saturated heterocycles. The second kappa shape index (κ2) is 8.35. The Morgan fingerprint density at radius 3 is 2.67 bits per heavy atom. The Labute approximate surface area is 144 Å². The molecule has 0 unspecified atom stereocenters. The third kappa shape index (κ3) is 4.48. The molecule has 0 aliphatic carbocycles. The topological polar surface area (TPSA) is 84.9 Å². The van der Waals surface area contributed by atoms with Crippen LogP contribution in [-0.2, 0) is 4.79 Å². The number of carboxylic acids is 1. The standard InChI is InChI=1S/C17H19NO5S/c1-3-23-14-9-11(6-7-13(14)22-2)17(21)18-12(10-16(19)20)15-5-4-8-24-15/h4-9,12H,3,10H2,1-2H3,(H,18,21)(H,19,20)/t12-/m0/s1. The van der Waals surface area contributed by atoms with Gasteiger partial charge in [0.15, 0.2) is 11.5 Å². The van der Waals surface area contributed by atoms with Crippen molar-refractivity contribution < 1.29 is 24.2 Å². The molecular formula is C17H19NO5S. The number of methoxy groups -OCH3 is 1. The molecule has 2 N–H and O–H groups in total. The van der Waals surface area contributed by atoms with Gasteiger partial charge in [-0.3, -0.25) is 9.59 Å². The third-order valence-corrected chi connectivity index (χ3v) is 4.28. The largest absolute Gasteiger partial charge is 0.493 e. The molecule has 1 heterocycles. The van der Waals surface area contributed by atoms with E-state index in [-0.39, 0.29) is 12.3 Å². The molecule has 1 atom stereocenters. The van der Waals surface area contributed by atoms with Crippen LogP contribution in [0.3, 0.4) is 0 Å². The van der Waals surface area contributed by atoms with Crippen molar-refractivity contribution in [3.8, 4) is 11.5 Å². The van der Waals surface area contributed by atoms with E-state index < -0.39 is 12.0 Å². The fourth-order valence-corrected chi connectivity index (χ4v) is 2.99. The average Bonchev–Trinajstić information content (AvgIpc) is 3.08. The van der Waals surface area contributed by atoms with Gasteiger partial charge in [-0.25, -0.2) is 0 Å². The van der Waals surface area contributed by atoms with E-state index in [4.69, 9.17) is 14.6 Å². The first-order valence-electron chi connectivity index (χ1n) is 7.42. The SMILES string of the molecule is CCOc1cc(C(=O)N[C@@H](CC(=O)O)c2cccs2)ccc1OC. The summed E-state index contributed by atoms with van der Waals surface area (Å²) in [6, 6.07) is 7.90. The van der Waals surface area contributed by atoms with Crippen molar-refractivity contribution in [1.29, 1.82) is 0 Å². The zero-order valence-corrected chi connectivity index (χ0v) is 14.3. The van der Waals surface area contributed by atoms with Crippen LogP contribution in [0.15, 0.2) is 35.7 Å². The van der Waals surface area contributed by atoms with Crippen LogP contribution in [0, 0.1) is 0 Å². The van der Waals surface area contributed by atoms with Crippen molar-refractivity contribution >= 4 is 23.2 Å². The molecule has 24 heavy (non-hydrogen) atoms. The van der Waals surface area contributed by atoms with Gasteiger partial charge in [0.25, 0.3) is 5.91 Å². The van der Waals surface area contributed by atoms with E-state index in [1.807, 2.05) is 18.4 Å². The lowest BCUT2D eigenvalue weighted by Gasteiger charge is -2.16. The number of rotatable bonds is 8. The molecule has 1 aromatic heterocycles. The number of nitrogens with one attached hydrogen (secondary N) is 1. The summed E-state index contributed by atoms with van der Waals surface area (Å²) in [6.07, 6.45) is -0.180. The monoisotopic (exact) mass is 349 g/mol. The van der Waals surface area contributed by atoms with Gasteiger partial charge in [-0.15, -0.1) is 11.3 Å². The Hall–Kier alpha value is -2.54. The first-order chi connectivity index (χ1) is 11.5. The van der Waals surface area contributed by atoms with Gasteiger partial charge in [-0.2, -0.15) is 0 Å². The van der Waals surface area contributed by atoms with Crippen LogP contribution < -0.4 is 14.8 Å². The van der Waals surface area contributed by atoms with Gasteiger partial charge < -0.3 is 19.9 Å². The number of aliphatic carboxylic acids is 1. The zero-order chi connectivity index (χ0) is 17.5. The van der Waals surface area contributed by atoms with Crippen LogP contribution in [0.5, 0.6) is 11.5 Å². The maximum Gasteiger partial charge on any atom is 0.305 e. The van der Waals surface area contributed by atoms with Gasteiger partial charge in [0.05, 0.1) is 26.2 Å². The number of hydrogen-bond acceptors (Lipinski definition) is 5. The van der Waals surface area contributed by atoms with Crippen LogP contribution >= 0.6 is 11.3 Å². The number of benzene rings is 1. The molecule has 0 saturated carbocycles. The maximum atomic E-state index is 12.5. The smallest absolute Gasteiger partial charge is 0.305 e. The summed E-state index contributed by atoms with van der Waals surface area (Å²) in [7, 11) is 1.53. The minimum atomic E-state index is -0.974. The van der Waals surface area contributed by atoms with E-state index in [1.165, 1.54) is 18.4 Å². The molecule has 128 valence electrons. The normalized spacial score (nSPS) is 11.6. The van der Waals surface area contributed by atoms with E-state index in [9.17, 15) is 9.59 Å². The van der Waals surface area contributed by atoms with Crippen molar-refractivity contribution in [3.05, 3.63) is 46.2 Å². The molecule has 2 rings (SSSR count). The number of hydrogen-bond donors (Lipinski definition) is 2. The minimum absolute atomic E-state index is 0.180. The summed E-state index contributed by atoms with van der Waals surface area (Å²) in [5.41, 5.74) is 0.381. The number of thiophene rings is 1. The Morgan fingerprint density at radius 2 is 2.08 bits per heavy atom. The molecule has 0 aliphatic heterocycles. The number of ether oxygens (including phenoxy) is 2. The summed E-state index contributed by atoms with van der Waals surface area (Å²) >= 11 is 1.40. The van der Waals surface area contributed by atoms with Crippen LogP contribution in [0.2, 0.25) is 0 Å². The lowest BCUT2D eigenvalue weighted by Crippen LogP contribution is -2.29. The van der Waals surface area contributed by atoms with E-state index in [2.05, 4.69) is 5.32 Å². The Bertz CT molecular complexity index is 699. The van der Waals surface area contributed by atoms with Gasteiger partial charge in [0.1, 0.15) is 0 Å². The van der Waals surface area contributed by atoms with Crippen molar-refractivity contribution in [3.63, 3.8) is 0 Å². The highest BCUT2D eigenvalue weighted by molar-refractivity contribution is 7.10. The number of carboxylic acid groups (broad SMARTS) is 1. The Kier molecular flexibility index (Phi) is 6.20. The van der Waals surface area contributed by atoms with E-state index in [0.29, 0.717) is 23.7 Å². The van der Waals surface area contributed by atoms with Crippen LogP contribution in [0.25, 0.3) is 0 Å². The van der Waals surface area contributed by atoms with E-state index in [0.717, 1.165) is 4.88 Å². The first kappa shape index (κ1) is 17.8. The lowest BCUT2D eigenvalue weighted by molar-refractivity contribution is -0.137. The molecule has 1 amide bonds. The molecule has 0 radical (unpaired) electrons. The van der Waals surface area contributed by atoms with Gasteiger partial charge in [-0.1, -0.05) is 6.07 Å². The van der Waals surface area contributed by atoms with Gasteiger partial charge in [0, 0.05) is 10.4 Å². The van der Waals surface area contributed by atoms with Gasteiger partial charge in [-0.05, 0) is 36.6 Å². The molecule has 2 aromatic rings. The van der Waals surface area contributed by atoms with Crippen molar-refractivity contribution in [2.45, 2.75) is 19.4 Å². The lowest BCUT2D eigenvalue weighted by atomic mass is 10.1. The minimum Gasteiger partial charge on any atom is -0.493 e. The summed E-state index contributed by atoms with van der Waals surface area (Å²) in [6.45, 7) is 2.28. The highest BCUT2D eigenvalue weighted by Crippen LogP contribution is 2.29. The number of amides is 1. The molecule has 0 fully saturated rings. The summed E-state index contributed by atoms with van der Waals surface area (Å²) in [5, 5.41) is 13.7. The molecular weight excluding hydrogens is 330 g/mol. The molecule has 0 aliphatic rings. The van der Waals surface area contributed by atoms with Gasteiger partial charge >= 0.3 is 5.97 Å². The predicted octanol–water partition coefficient (Wildman–Crippen LogP) is 3.10. The summed E-state index contributed by atoms with van der Waals surface area (Å²) in [4.78, 5) is 24.4. The number of carbonyl (C=O) groups is 2. The summed E-state index contributed by atoms with van der Waals surface area (Å²) in [5.74, 6) is -0.330. The number of carbonyl (C=O) groups excluding carboxylic acids is 1.